The number of pyridine rings is 1. The number of aliphatic hydroxyl groups excluding tert-OH is 1. The number of halogens is 4. The van der Waals surface area contributed by atoms with Crippen molar-refractivity contribution >= 4 is 0 Å². The largest absolute Gasteiger partial charge is 0.392 e. The van der Waals surface area contributed by atoms with E-state index in [1.807, 2.05) is 0 Å². The minimum Gasteiger partial charge on any atom is -0.392 e. The molecule has 1 heterocycles. The van der Waals surface area contributed by atoms with Crippen LogP contribution < -0.4 is 0 Å². The summed E-state index contributed by atoms with van der Waals surface area (Å²) in [6.07, 6.45) is -2.49. The summed E-state index contributed by atoms with van der Waals surface area (Å²) >= 11 is 0. The molecule has 0 atom stereocenters. The van der Waals surface area contributed by atoms with E-state index < -0.39 is 35.9 Å². The Morgan fingerprint density at radius 3 is 2.46 bits per heavy atom. The zero-order valence-electron chi connectivity index (χ0n) is 6.27. The van der Waals surface area contributed by atoms with Crippen molar-refractivity contribution < 1.29 is 22.7 Å². The Morgan fingerprint density at radius 2 is 2.00 bits per heavy atom. The highest BCUT2D eigenvalue weighted by Gasteiger charge is 2.21. The molecular formula is C7H5F4NO. The third kappa shape index (κ3) is 1.77. The fourth-order valence-corrected chi connectivity index (χ4v) is 0.875. The Hall–Kier alpha value is -1.17. The minimum atomic E-state index is -3.17. The van der Waals surface area contributed by atoms with Gasteiger partial charge in [-0.25, -0.2) is 18.2 Å². The number of rotatable bonds is 2. The first kappa shape index (κ1) is 9.91. The van der Waals surface area contributed by atoms with Gasteiger partial charge in [-0.05, 0) is 0 Å². The van der Waals surface area contributed by atoms with Gasteiger partial charge in [0.1, 0.15) is 0 Å². The molecule has 0 aliphatic heterocycles. The van der Waals surface area contributed by atoms with Gasteiger partial charge in [-0.15, -0.1) is 0 Å². The molecule has 6 heteroatoms. The van der Waals surface area contributed by atoms with Crippen molar-refractivity contribution in [2.75, 3.05) is 0 Å². The van der Waals surface area contributed by atoms with E-state index in [1.54, 1.807) is 0 Å². The van der Waals surface area contributed by atoms with Gasteiger partial charge in [0.15, 0.2) is 5.82 Å². The first-order chi connectivity index (χ1) is 6.07. The highest BCUT2D eigenvalue weighted by Crippen LogP contribution is 2.26. The molecule has 0 unspecified atom stereocenters. The van der Waals surface area contributed by atoms with E-state index in [-0.39, 0.29) is 0 Å². The van der Waals surface area contributed by atoms with Crippen LogP contribution in [0.5, 0.6) is 0 Å². The van der Waals surface area contributed by atoms with E-state index in [0.717, 1.165) is 0 Å². The predicted molar refractivity (Wildman–Crippen MR) is 35.0 cm³/mol. The lowest BCUT2D eigenvalue weighted by molar-refractivity contribution is 0.140. The van der Waals surface area contributed by atoms with Crippen LogP contribution in [-0.2, 0) is 6.61 Å². The molecule has 0 saturated carbocycles. The zero-order valence-corrected chi connectivity index (χ0v) is 6.27. The second-order valence-corrected chi connectivity index (χ2v) is 2.26. The molecule has 0 spiro atoms. The highest BCUT2D eigenvalue weighted by atomic mass is 19.3. The van der Waals surface area contributed by atoms with E-state index >= 15 is 0 Å². The molecule has 0 aliphatic carbocycles. The summed E-state index contributed by atoms with van der Waals surface area (Å²) in [4.78, 5) is 2.86. The Balaban J connectivity index is 3.32. The maximum atomic E-state index is 12.7. The molecule has 2 nitrogen and oxygen atoms in total. The minimum absolute atomic E-state index is 0.408. The summed E-state index contributed by atoms with van der Waals surface area (Å²) < 4.78 is 49.2. The SMILES string of the molecule is OCc1cnc(F)c(F)c1C(F)F. The predicted octanol–water partition coefficient (Wildman–Crippen LogP) is 1.79. The molecule has 0 aromatic carbocycles. The average Bonchev–Trinajstić information content (AvgIpc) is 2.08. The van der Waals surface area contributed by atoms with E-state index in [4.69, 9.17) is 5.11 Å². The summed E-state index contributed by atoms with van der Waals surface area (Å²) in [5.41, 5.74) is -1.54. The van der Waals surface area contributed by atoms with Crippen molar-refractivity contribution in [3.63, 3.8) is 0 Å². The highest BCUT2D eigenvalue weighted by molar-refractivity contribution is 5.25. The van der Waals surface area contributed by atoms with Gasteiger partial charge >= 0.3 is 0 Å². The molecule has 13 heavy (non-hydrogen) atoms. The van der Waals surface area contributed by atoms with Gasteiger partial charge in [-0.2, -0.15) is 4.39 Å². The Morgan fingerprint density at radius 1 is 1.38 bits per heavy atom. The second kappa shape index (κ2) is 3.69. The lowest BCUT2D eigenvalue weighted by Gasteiger charge is -2.06. The van der Waals surface area contributed by atoms with Crippen LogP contribution >= 0.6 is 0 Å². The standard InChI is InChI=1S/C7H5F4NO/c8-5-4(6(9)10)3(2-13)1-12-7(5)11/h1,6,13H,2H2. The van der Waals surface area contributed by atoms with Crippen LogP contribution in [0.25, 0.3) is 0 Å². The van der Waals surface area contributed by atoms with Crippen molar-refractivity contribution in [2.24, 2.45) is 0 Å². The lowest BCUT2D eigenvalue weighted by Crippen LogP contribution is -2.03. The molecule has 1 aromatic rings. The molecule has 0 radical (unpaired) electrons. The van der Waals surface area contributed by atoms with Crippen LogP contribution in [0, 0.1) is 11.8 Å². The van der Waals surface area contributed by atoms with E-state index in [1.165, 1.54) is 0 Å². The molecule has 0 fully saturated rings. The van der Waals surface area contributed by atoms with Gasteiger partial charge in [0.05, 0.1) is 12.2 Å². The molecule has 1 aromatic heterocycles. The summed E-state index contributed by atoms with van der Waals surface area (Å²) in [7, 11) is 0. The molecular weight excluding hydrogens is 190 g/mol. The molecule has 0 aliphatic rings. The topological polar surface area (TPSA) is 33.1 Å². The van der Waals surface area contributed by atoms with Gasteiger partial charge in [0.25, 0.3) is 6.43 Å². The normalized spacial score (nSPS) is 10.9. The first-order valence-electron chi connectivity index (χ1n) is 3.29. The van der Waals surface area contributed by atoms with Gasteiger partial charge in [-0.1, -0.05) is 0 Å². The second-order valence-electron chi connectivity index (χ2n) is 2.26. The van der Waals surface area contributed by atoms with Crippen LogP contribution in [0.4, 0.5) is 17.6 Å². The van der Waals surface area contributed by atoms with Gasteiger partial charge < -0.3 is 5.11 Å². The fraction of sp³-hybridized carbons (Fsp3) is 0.286. The third-order valence-corrected chi connectivity index (χ3v) is 1.49. The summed E-state index contributed by atoms with van der Waals surface area (Å²) in [6.45, 7) is -0.802. The average molecular weight is 195 g/mol. The molecule has 72 valence electrons. The van der Waals surface area contributed by atoms with Gasteiger partial charge in [-0.3, -0.25) is 0 Å². The van der Waals surface area contributed by atoms with Crippen LogP contribution in [0.15, 0.2) is 6.20 Å². The van der Waals surface area contributed by atoms with Crippen LogP contribution in [-0.4, -0.2) is 10.1 Å². The van der Waals surface area contributed by atoms with Crippen molar-refractivity contribution in [1.29, 1.82) is 0 Å². The van der Waals surface area contributed by atoms with Crippen LogP contribution in [0.1, 0.15) is 17.6 Å². The zero-order chi connectivity index (χ0) is 10.0. The number of hydrogen-bond acceptors (Lipinski definition) is 2. The van der Waals surface area contributed by atoms with Crippen LogP contribution in [0.2, 0.25) is 0 Å². The first-order valence-corrected chi connectivity index (χ1v) is 3.29. The molecule has 0 saturated heterocycles. The molecule has 0 amide bonds. The molecule has 1 N–H and O–H groups in total. The van der Waals surface area contributed by atoms with E-state index in [0.29, 0.717) is 6.20 Å². The number of alkyl halides is 2. The van der Waals surface area contributed by atoms with Crippen molar-refractivity contribution in [1.82, 2.24) is 4.98 Å². The Labute approximate surface area is 70.8 Å². The van der Waals surface area contributed by atoms with Crippen LogP contribution in [0.3, 0.4) is 0 Å². The third-order valence-electron chi connectivity index (χ3n) is 1.49. The van der Waals surface area contributed by atoms with E-state index in [9.17, 15) is 17.6 Å². The Bertz CT molecular complexity index is 316. The fourth-order valence-electron chi connectivity index (χ4n) is 0.875. The number of aromatic nitrogens is 1. The monoisotopic (exact) mass is 195 g/mol. The summed E-state index contributed by atoms with van der Waals surface area (Å²) in [5.74, 6) is -3.30. The molecule has 0 bridgehead atoms. The number of hydrogen-bond donors (Lipinski definition) is 1. The maximum absolute atomic E-state index is 12.7. The van der Waals surface area contributed by atoms with Crippen molar-refractivity contribution in [3.8, 4) is 0 Å². The quantitative estimate of drug-likeness (QED) is 0.576. The summed E-state index contributed by atoms with van der Waals surface area (Å²) in [6, 6.07) is 0. The number of nitrogens with zero attached hydrogens (tertiary/aromatic N) is 1. The smallest absolute Gasteiger partial charge is 0.267 e. The van der Waals surface area contributed by atoms with Gasteiger partial charge in [0.2, 0.25) is 5.95 Å². The maximum Gasteiger partial charge on any atom is 0.267 e. The number of aliphatic hydroxyl groups is 1. The van der Waals surface area contributed by atoms with Crippen molar-refractivity contribution in [3.05, 3.63) is 29.1 Å². The Kier molecular flexibility index (Phi) is 2.82. The lowest BCUT2D eigenvalue weighted by atomic mass is 10.1. The van der Waals surface area contributed by atoms with Crippen molar-refractivity contribution in [2.45, 2.75) is 13.0 Å². The summed E-state index contributed by atoms with van der Waals surface area (Å²) in [5, 5.41) is 8.52. The van der Waals surface area contributed by atoms with E-state index in [2.05, 4.69) is 4.98 Å². The molecule has 1 rings (SSSR count). The van der Waals surface area contributed by atoms with Gasteiger partial charge in [0, 0.05) is 11.8 Å².